The highest BCUT2D eigenvalue weighted by Gasteiger charge is 2.33. The van der Waals surface area contributed by atoms with E-state index < -0.39 is 0 Å². The van der Waals surface area contributed by atoms with E-state index >= 15 is 0 Å². The lowest BCUT2D eigenvalue weighted by Gasteiger charge is -2.15. The molecule has 1 saturated heterocycles. The molecule has 0 aliphatic carbocycles. The summed E-state index contributed by atoms with van der Waals surface area (Å²) < 4.78 is 0. The summed E-state index contributed by atoms with van der Waals surface area (Å²) in [5.41, 5.74) is 0.745. The van der Waals surface area contributed by atoms with E-state index in [2.05, 4.69) is 11.4 Å². The number of rotatable bonds is 6. The Morgan fingerprint density at radius 2 is 2.26 bits per heavy atom. The Kier molecular flexibility index (Phi) is 6.05. The maximum atomic E-state index is 12.4. The van der Waals surface area contributed by atoms with Crippen LogP contribution in [-0.2, 0) is 9.59 Å². The maximum absolute atomic E-state index is 12.4. The number of nitrogens with one attached hydrogen (secondary N) is 1. The molecule has 0 aromatic heterocycles. The number of carbonyl (C=O) groups is 2. The number of likely N-dealkylation sites (tertiary alicyclic amines) is 1. The molecule has 6 heteroatoms. The topological polar surface area (TPSA) is 73.2 Å². The van der Waals surface area contributed by atoms with Gasteiger partial charge in [0, 0.05) is 30.2 Å². The second kappa shape index (κ2) is 8.02. The molecule has 23 heavy (non-hydrogen) atoms. The zero-order chi connectivity index (χ0) is 16.8. The van der Waals surface area contributed by atoms with Gasteiger partial charge in [0.1, 0.15) is 0 Å². The number of nitriles is 1. The highest BCUT2D eigenvalue weighted by atomic mass is 32.2. The van der Waals surface area contributed by atoms with Crippen molar-refractivity contribution in [2.75, 3.05) is 24.2 Å². The molecule has 2 atom stereocenters. The number of nitrogens with zero attached hydrogens (tertiary/aromatic N) is 2. The monoisotopic (exact) mass is 331 g/mol. The van der Waals surface area contributed by atoms with E-state index in [1.54, 1.807) is 16.7 Å². The van der Waals surface area contributed by atoms with E-state index in [9.17, 15) is 9.59 Å². The molecule has 1 heterocycles. The second-order valence-corrected chi connectivity index (χ2v) is 6.72. The summed E-state index contributed by atoms with van der Waals surface area (Å²) in [5, 5.41) is 11.8. The highest BCUT2D eigenvalue weighted by molar-refractivity contribution is 7.99. The second-order valence-electron chi connectivity index (χ2n) is 5.66. The first-order chi connectivity index (χ1) is 11.0. The van der Waals surface area contributed by atoms with Gasteiger partial charge in [-0.25, -0.2) is 0 Å². The standard InChI is InChI=1S/C17H21N3O2S/c1-3-20-10-13(8-16(20)21)17(22)19-14-6-4-5-7-15(14)23-11-12(2)9-18/h4-7,12-13H,3,8,10-11H2,1-2H3,(H,19,22)/t12-,13-/m0/s1. The molecule has 0 spiro atoms. The summed E-state index contributed by atoms with van der Waals surface area (Å²) >= 11 is 1.56. The Hall–Kier alpha value is -2.00. The van der Waals surface area contributed by atoms with Gasteiger partial charge >= 0.3 is 0 Å². The Morgan fingerprint density at radius 3 is 2.91 bits per heavy atom. The van der Waals surface area contributed by atoms with Crippen molar-refractivity contribution >= 4 is 29.3 Å². The van der Waals surface area contributed by atoms with E-state index in [1.807, 2.05) is 38.1 Å². The average Bonchev–Trinajstić information content (AvgIpc) is 2.94. The van der Waals surface area contributed by atoms with Crippen LogP contribution in [0.3, 0.4) is 0 Å². The summed E-state index contributed by atoms with van der Waals surface area (Å²) in [4.78, 5) is 26.8. The highest BCUT2D eigenvalue weighted by Crippen LogP contribution is 2.29. The number of carbonyl (C=O) groups excluding carboxylic acids is 2. The first-order valence-electron chi connectivity index (χ1n) is 7.75. The number of hydrogen-bond acceptors (Lipinski definition) is 4. The molecule has 5 nitrogen and oxygen atoms in total. The molecule has 2 amide bonds. The molecule has 0 bridgehead atoms. The number of para-hydroxylation sites is 1. The van der Waals surface area contributed by atoms with Crippen molar-refractivity contribution in [3.8, 4) is 6.07 Å². The molecular formula is C17H21N3O2S. The van der Waals surface area contributed by atoms with Crippen molar-refractivity contribution in [3.63, 3.8) is 0 Å². The van der Waals surface area contributed by atoms with E-state index in [0.29, 0.717) is 18.8 Å². The molecule has 122 valence electrons. The molecule has 0 unspecified atom stereocenters. The first-order valence-corrected chi connectivity index (χ1v) is 8.73. The van der Waals surface area contributed by atoms with E-state index in [1.165, 1.54) is 0 Å². The van der Waals surface area contributed by atoms with Gasteiger partial charge in [-0.2, -0.15) is 5.26 Å². The van der Waals surface area contributed by atoms with Crippen molar-refractivity contribution in [1.29, 1.82) is 5.26 Å². The largest absolute Gasteiger partial charge is 0.342 e. The molecular weight excluding hydrogens is 310 g/mol. The fourth-order valence-corrected chi connectivity index (χ4v) is 3.39. The summed E-state index contributed by atoms with van der Waals surface area (Å²) in [7, 11) is 0. The summed E-state index contributed by atoms with van der Waals surface area (Å²) in [6, 6.07) is 9.77. The van der Waals surface area contributed by atoms with Crippen molar-refractivity contribution in [2.24, 2.45) is 11.8 Å². The van der Waals surface area contributed by atoms with Crippen LogP contribution in [-0.4, -0.2) is 35.6 Å². The number of benzene rings is 1. The summed E-state index contributed by atoms with van der Waals surface area (Å²) in [6.45, 7) is 4.92. The molecule has 2 rings (SSSR count). The van der Waals surface area contributed by atoms with E-state index in [0.717, 1.165) is 10.6 Å². The van der Waals surface area contributed by atoms with Gasteiger partial charge in [0.25, 0.3) is 0 Å². The van der Waals surface area contributed by atoms with Crippen LogP contribution in [0.5, 0.6) is 0 Å². The molecule has 0 radical (unpaired) electrons. The van der Waals surface area contributed by atoms with Crippen LogP contribution in [0.15, 0.2) is 29.2 Å². The van der Waals surface area contributed by atoms with Gasteiger partial charge in [0.15, 0.2) is 0 Å². The van der Waals surface area contributed by atoms with Crippen LogP contribution in [0.25, 0.3) is 0 Å². The predicted molar refractivity (Wildman–Crippen MR) is 90.9 cm³/mol. The molecule has 1 aliphatic heterocycles. The van der Waals surface area contributed by atoms with Gasteiger partial charge in [0.05, 0.1) is 23.6 Å². The van der Waals surface area contributed by atoms with Crippen molar-refractivity contribution in [2.45, 2.75) is 25.2 Å². The molecule has 1 fully saturated rings. The van der Waals surface area contributed by atoms with Crippen molar-refractivity contribution < 1.29 is 9.59 Å². The van der Waals surface area contributed by atoms with Gasteiger partial charge in [-0.15, -0.1) is 11.8 Å². The van der Waals surface area contributed by atoms with Crippen LogP contribution in [0, 0.1) is 23.2 Å². The van der Waals surface area contributed by atoms with Crippen LogP contribution in [0.4, 0.5) is 5.69 Å². The van der Waals surface area contributed by atoms with Crippen LogP contribution in [0.1, 0.15) is 20.3 Å². The zero-order valence-corrected chi connectivity index (χ0v) is 14.2. The fourth-order valence-electron chi connectivity index (χ4n) is 2.44. The quantitative estimate of drug-likeness (QED) is 0.814. The number of thioether (sulfide) groups is 1. The van der Waals surface area contributed by atoms with Gasteiger partial charge in [-0.05, 0) is 26.0 Å². The van der Waals surface area contributed by atoms with Gasteiger partial charge < -0.3 is 10.2 Å². The summed E-state index contributed by atoms with van der Waals surface area (Å²) in [5.74, 6) is 0.260. The maximum Gasteiger partial charge on any atom is 0.229 e. The molecule has 1 N–H and O–H groups in total. The minimum absolute atomic E-state index is 0.0400. The van der Waals surface area contributed by atoms with Crippen LogP contribution in [0.2, 0.25) is 0 Å². The minimum Gasteiger partial charge on any atom is -0.342 e. The van der Waals surface area contributed by atoms with E-state index in [4.69, 9.17) is 5.26 Å². The molecule has 1 aliphatic rings. The Labute approximate surface area is 141 Å². The van der Waals surface area contributed by atoms with Gasteiger partial charge in [-0.1, -0.05) is 12.1 Å². The van der Waals surface area contributed by atoms with Gasteiger partial charge in [-0.3, -0.25) is 9.59 Å². The van der Waals surface area contributed by atoms with E-state index in [-0.39, 0.29) is 30.1 Å². The minimum atomic E-state index is -0.293. The third-order valence-corrected chi connectivity index (χ3v) is 5.15. The normalized spacial score (nSPS) is 18.6. The lowest BCUT2D eigenvalue weighted by Crippen LogP contribution is -2.28. The molecule has 1 aromatic rings. The zero-order valence-electron chi connectivity index (χ0n) is 13.4. The third kappa shape index (κ3) is 4.49. The number of anilines is 1. The first kappa shape index (κ1) is 17.4. The van der Waals surface area contributed by atoms with Crippen molar-refractivity contribution in [3.05, 3.63) is 24.3 Å². The van der Waals surface area contributed by atoms with Crippen LogP contribution < -0.4 is 5.32 Å². The number of hydrogen-bond donors (Lipinski definition) is 1. The molecule has 0 saturated carbocycles. The fraction of sp³-hybridized carbons (Fsp3) is 0.471. The Bertz CT molecular complexity index is 627. The summed E-state index contributed by atoms with van der Waals surface area (Å²) in [6.07, 6.45) is 0.278. The predicted octanol–water partition coefficient (Wildman–Crippen LogP) is 2.75. The number of amides is 2. The third-order valence-electron chi connectivity index (χ3n) is 3.82. The Balaban J connectivity index is 2.01. The molecule has 1 aromatic carbocycles. The smallest absolute Gasteiger partial charge is 0.229 e. The van der Waals surface area contributed by atoms with Crippen LogP contribution >= 0.6 is 11.8 Å². The average molecular weight is 331 g/mol. The van der Waals surface area contributed by atoms with Gasteiger partial charge in [0.2, 0.25) is 11.8 Å². The lowest BCUT2D eigenvalue weighted by atomic mass is 10.1. The SMILES string of the molecule is CCN1C[C@@H](C(=O)Nc2ccccc2SC[C@@H](C)C#N)CC1=O. The lowest BCUT2D eigenvalue weighted by molar-refractivity contribution is -0.128. The van der Waals surface area contributed by atoms with Crippen molar-refractivity contribution in [1.82, 2.24) is 4.90 Å². The Morgan fingerprint density at radius 1 is 1.52 bits per heavy atom.